The predicted molar refractivity (Wildman–Crippen MR) is 68.4 cm³/mol. The van der Waals surface area contributed by atoms with Gasteiger partial charge >= 0.3 is 0 Å². The molecule has 0 N–H and O–H groups in total. The molecule has 1 saturated heterocycles. The third kappa shape index (κ3) is 5.53. The van der Waals surface area contributed by atoms with Crippen molar-refractivity contribution in [1.29, 1.82) is 0 Å². The fourth-order valence-electron chi connectivity index (χ4n) is 2.21. The molecule has 0 aromatic carbocycles. The lowest BCUT2D eigenvalue weighted by Gasteiger charge is -2.30. The second-order valence-electron chi connectivity index (χ2n) is 4.96. The van der Waals surface area contributed by atoms with Crippen molar-refractivity contribution in [2.45, 2.75) is 71.1 Å². The van der Waals surface area contributed by atoms with Gasteiger partial charge in [0.05, 0.1) is 0 Å². The third-order valence-electron chi connectivity index (χ3n) is 3.48. The highest BCUT2D eigenvalue weighted by atomic mass is 16.2. The van der Waals surface area contributed by atoms with Crippen molar-refractivity contribution < 1.29 is 4.79 Å². The number of likely N-dealkylation sites (tertiary alicyclic amines) is 1. The van der Waals surface area contributed by atoms with Gasteiger partial charge in [0.2, 0.25) is 5.91 Å². The summed E-state index contributed by atoms with van der Waals surface area (Å²) in [6.07, 6.45) is 13.0. The SMILES string of the molecule is CCCCCCCCCCCN1CCC1=O. The van der Waals surface area contributed by atoms with E-state index in [0.717, 1.165) is 19.5 Å². The molecular weight excluding hydrogens is 198 g/mol. The van der Waals surface area contributed by atoms with Gasteiger partial charge < -0.3 is 4.90 Å². The minimum absolute atomic E-state index is 0.361. The zero-order valence-electron chi connectivity index (χ0n) is 10.8. The first kappa shape index (κ1) is 13.5. The van der Waals surface area contributed by atoms with Crippen LogP contribution in [0, 0.1) is 0 Å². The van der Waals surface area contributed by atoms with E-state index in [1.54, 1.807) is 0 Å². The molecule has 0 saturated carbocycles. The van der Waals surface area contributed by atoms with Crippen molar-refractivity contribution >= 4 is 5.91 Å². The van der Waals surface area contributed by atoms with E-state index in [9.17, 15) is 4.79 Å². The van der Waals surface area contributed by atoms with Crippen LogP contribution in [0.25, 0.3) is 0 Å². The van der Waals surface area contributed by atoms with Gasteiger partial charge in [-0.2, -0.15) is 0 Å². The summed E-state index contributed by atoms with van der Waals surface area (Å²) in [5, 5.41) is 0. The van der Waals surface area contributed by atoms with E-state index in [-0.39, 0.29) is 0 Å². The lowest BCUT2D eigenvalue weighted by atomic mass is 10.1. The minimum Gasteiger partial charge on any atom is -0.342 e. The Morgan fingerprint density at radius 1 is 0.938 bits per heavy atom. The van der Waals surface area contributed by atoms with Crippen LogP contribution in [0.15, 0.2) is 0 Å². The summed E-state index contributed by atoms with van der Waals surface area (Å²) in [4.78, 5) is 13.0. The number of carbonyl (C=O) groups is 1. The first-order chi connectivity index (χ1) is 7.84. The number of amides is 1. The van der Waals surface area contributed by atoms with E-state index in [1.807, 2.05) is 4.90 Å². The van der Waals surface area contributed by atoms with E-state index < -0.39 is 0 Å². The van der Waals surface area contributed by atoms with Gasteiger partial charge in [-0.05, 0) is 6.42 Å². The summed E-state index contributed by atoms with van der Waals surface area (Å²) in [6.45, 7) is 4.28. The van der Waals surface area contributed by atoms with Crippen molar-refractivity contribution in [3.8, 4) is 0 Å². The average molecular weight is 225 g/mol. The topological polar surface area (TPSA) is 20.3 Å². The number of rotatable bonds is 10. The number of unbranched alkanes of at least 4 members (excludes halogenated alkanes) is 8. The van der Waals surface area contributed by atoms with E-state index in [4.69, 9.17) is 0 Å². The minimum atomic E-state index is 0.361. The van der Waals surface area contributed by atoms with Crippen molar-refractivity contribution in [3.05, 3.63) is 0 Å². The molecule has 0 unspecified atom stereocenters. The monoisotopic (exact) mass is 225 g/mol. The largest absolute Gasteiger partial charge is 0.342 e. The van der Waals surface area contributed by atoms with Gasteiger partial charge in [0.1, 0.15) is 0 Å². The summed E-state index contributed by atoms with van der Waals surface area (Å²) >= 11 is 0. The van der Waals surface area contributed by atoms with Crippen molar-refractivity contribution in [2.75, 3.05) is 13.1 Å². The molecule has 1 aliphatic rings. The third-order valence-corrected chi connectivity index (χ3v) is 3.48. The van der Waals surface area contributed by atoms with E-state index in [1.165, 1.54) is 57.8 Å². The van der Waals surface area contributed by atoms with Crippen molar-refractivity contribution in [1.82, 2.24) is 4.90 Å². The van der Waals surface area contributed by atoms with Crippen LogP contribution >= 0.6 is 0 Å². The Bertz CT molecular complexity index is 191. The highest BCUT2D eigenvalue weighted by molar-refractivity contribution is 5.81. The molecule has 0 radical (unpaired) electrons. The maximum Gasteiger partial charge on any atom is 0.224 e. The Kier molecular flexibility index (Phi) is 7.28. The highest BCUT2D eigenvalue weighted by Crippen LogP contribution is 2.12. The van der Waals surface area contributed by atoms with Crippen LogP contribution in [-0.2, 0) is 4.79 Å². The van der Waals surface area contributed by atoms with Gasteiger partial charge in [-0.25, -0.2) is 0 Å². The maximum absolute atomic E-state index is 11.0. The molecule has 1 amide bonds. The van der Waals surface area contributed by atoms with Gasteiger partial charge in [0.25, 0.3) is 0 Å². The first-order valence-corrected chi connectivity index (χ1v) is 7.12. The van der Waals surface area contributed by atoms with Crippen molar-refractivity contribution in [3.63, 3.8) is 0 Å². The Morgan fingerprint density at radius 3 is 1.94 bits per heavy atom. The quantitative estimate of drug-likeness (QED) is 0.409. The smallest absolute Gasteiger partial charge is 0.224 e. The molecule has 1 aliphatic heterocycles. The van der Waals surface area contributed by atoms with Gasteiger partial charge in [-0.1, -0.05) is 58.3 Å². The number of hydrogen-bond acceptors (Lipinski definition) is 1. The average Bonchev–Trinajstić information content (AvgIpc) is 2.29. The Morgan fingerprint density at radius 2 is 1.50 bits per heavy atom. The van der Waals surface area contributed by atoms with Gasteiger partial charge in [-0.3, -0.25) is 4.79 Å². The first-order valence-electron chi connectivity index (χ1n) is 7.12. The summed E-state index contributed by atoms with van der Waals surface area (Å²) < 4.78 is 0. The molecule has 0 bridgehead atoms. The second kappa shape index (κ2) is 8.60. The molecule has 0 atom stereocenters. The molecule has 1 fully saturated rings. The Labute approximate surface area is 100 Å². The van der Waals surface area contributed by atoms with Crippen LogP contribution in [-0.4, -0.2) is 23.9 Å². The van der Waals surface area contributed by atoms with E-state index in [0.29, 0.717) is 5.91 Å². The number of carbonyl (C=O) groups excluding carboxylic acids is 1. The standard InChI is InChI=1S/C14H27NO/c1-2-3-4-5-6-7-8-9-10-12-15-13-11-14(15)16/h2-13H2,1H3. The van der Waals surface area contributed by atoms with Gasteiger partial charge in [0, 0.05) is 19.5 Å². The zero-order chi connectivity index (χ0) is 11.6. The molecule has 0 spiro atoms. The molecule has 0 aliphatic carbocycles. The van der Waals surface area contributed by atoms with E-state index >= 15 is 0 Å². The van der Waals surface area contributed by atoms with E-state index in [2.05, 4.69) is 6.92 Å². The summed E-state index contributed by atoms with van der Waals surface area (Å²) in [5.41, 5.74) is 0. The van der Waals surface area contributed by atoms with Crippen LogP contribution in [0.3, 0.4) is 0 Å². The maximum atomic E-state index is 11.0. The van der Waals surface area contributed by atoms with Crippen LogP contribution in [0.5, 0.6) is 0 Å². The molecule has 1 rings (SSSR count). The fraction of sp³-hybridized carbons (Fsp3) is 0.929. The number of β-lactam (4-membered cyclic amide) rings is 1. The summed E-state index contributed by atoms with van der Waals surface area (Å²) in [5.74, 6) is 0.361. The fourth-order valence-corrected chi connectivity index (χ4v) is 2.21. The van der Waals surface area contributed by atoms with Crippen LogP contribution < -0.4 is 0 Å². The molecule has 2 heteroatoms. The van der Waals surface area contributed by atoms with Crippen LogP contribution in [0.1, 0.15) is 71.1 Å². The molecule has 0 aromatic heterocycles. The zero-order valence-corrected chi connectivity index (χ0v) is 10.8. The summed E-state index contributed by atoms with van der Waals surface area (Å²) in [7, 11) is 0. The van der Waals surface area contributed by atoms with Gasteiger partial charge in [-0.15, -0.1) is 0 Å². The molecule has 1 heterocycles. The molecule has 2 nitrogen and oxygen atoms in total. The van der Waals surface area contributed by atoms with Crippen LogP contribution in [0.4, 0.5) is 0 Å². The second-order valence-corrected chi connectivity index (χ2v) is 4.96. The molecule has 94 valence electrons. The number of nitrogens with zero attached hydrogens (tertiary/aromatic N) is 1. The molecule has 0 aromatic rings. The predicted octanol–water partition coefficient (Wildman–Crippen LogP) is 3.75. The van der Waals surface area contributed by atoms with Crippen LogP contribution in [0.2, 0.25) is 0 Å². The van der Waals surface area contributed by atoms with Crippen molar-refractivity contribution in [2.24, 2.45) is 0 Å². The summed E-state index contributed by atoms with van der Waals surface area (Å²) in [6, 6.07) is 0. The normalized spacial score (nSPS) is 15.3. The Hall–Kier alpha value is -0.530. The molecule has 16 heavy (non-hydrogen) atoms. The lowest BCUT2D eigenvalue weighted by molar-refractivity contribution is -0.139. The lowest BCUT2D eigenvalue weighted by Crippen LogP contribution is -2.43. The number of hydrogen-bond donors (Lipinski definition) is 0. The highest BCUT2D eigenvalue weighted by Gasteiger charge is 2.22. The van der Waals surface area contributed by atoms with Gasteiger partial charge in [0.15, 0.2) is 0 Å². The molecular formula is C14H27NO. The Balaban J connectivity index is 1.73.